The van der Waals surface area contributed by atoms with E-state index in [1.807, 2.05) is 75.4 Å². The number of carbonyl (C=O) groups excluding carboxylic acids is 3. The molecule has 4 saturated heterocycles. The van der Waals surface area contributed by atoms with Crippen molar-refractivity contribution < 1.29 is 58.1 Å². The van der Waals surface area contributed by atoms with Gasteiger partial charge in [0.05, 0.1) is 42.5 Å². The molecular weight excluding hydrogens is 785 g/mol. The molecule has 0 saturated carbocycles. The van der Waals surface area contributed by atoms with Crippen LogP contribution >= 0.6 is 0 Å². The highest BCUT2D eigenvalue weighted by molar-refractivity contribution is 5.87. The lowest BCUT2D eigenvalue weighted by Crippen LogP contribution is -2.61. The molecule has 0 spiro atoms. The summed E-state index contributed by atoms with van der Waals surface area (Å²) >= 11 is 0. The zero-order valence-corrected chi connectivity index (χ0v) is 39.7. The molecule has 14 heteroatoms. The number of cyclic esters (lactones) is 1. The van der Waals surface area contributed by atoms with Crippen molar-refractivity contribution in [3.63, 3.8) is 0 Å². The Kier molecular flexibility index (Phi) is 17.7. The Hall–Kier alpha value is -2.01. The number of fused-ring (bicyclic) bond motifs is 1. The first kappa shape index (κ1) is 51.6. The number of ether oxygens (including phenoxy) is 6. The third kappa shape index (κ3) is 10.9. The lowest BCUT2D eigenvalue weighted by Gasteiger charge is -2.52. The number of hydrogen-bond donors (Lipinski definition) is 4. The number of aliphatic hydroxyl groups is 3. The van der Waals surface area contributed by atoms with Crippen LogP contribution in [0.15, 0.2) is 12.7 Å². The molecule has 0 aromatic heterocycles. The molecule has 0 aliphatic carbocycles. The van der Waals surface area contributed by atoms with Crippen LogP contribution in [0.4, 0.5) is 0 Å². The Bertz CT molecular complexity index is 1500. The first-order valence-electron chi connectivity index (χ1n) is 22.9. The van der Waals surface area contributed by atoms with Crippen molar-refractivity contribution >= 4 is 17.7 Å². The first-order chi connectivity index (χ1) is 28.4. The Morgan fingerprint density at radius 3 is 2.25 bits per heavy atom. The second-order valence-corrected chi connectivity index (χ2v) is 20.3. The minimum Gasteiger partial charge on any atom is -0.458 e. The summed E-state index contributed by atoms with van der Waals surface area (Å²) in [7, 11) is 3.57. The van der Waals surface area contributed by atoms with Gasteiger partial charge < -0.3 is 54.0 Å². The van der Waals surface area contributed by atoms with Crippen LogP contribution in [-0.4, -0.2) is 144 Å². The van der Waals surface area contributed by atoms with Crippen molar-refractivity contribution in [3.8, 4) is 0 Å². The molecule has 14 nitrogen and oxygen atoms in total. The summed E-state index contributed by atoms with van der Waals surface area (Å²) in [4.78, 5) is 45.5. The molecule has 0 aromatic carbocycles. The van der Waals surface area contributed by atoms with E-state index < -0.39 is 113 Å². The molecular formula is C47H82N2O12. The Morgan fingerprint density at radius 1 is 1.00 bits per heavy atom. The van der Waals surface area contributed by atoms with Gasteiger partial charge in [-0.25, -0.2) is 0 Å². The fraction of sp³-hybridized carbons (Fsp3) is 0.894. The number of esters is 2. The quantitative estimate of drug-likeness (QED) is 0.148. The van der Waals surface area contributed by atoms with Gasteiger partial charge in [0, 0.05) is 49.8 Å². The molecule has 4 fully saturated rings. The fourth-order valence-electron chi connectivity index (χ4n) is 11.6. The van der Waals surface area contributed by atoms with Crippen LogP contribution in [0.5, 0.6) is 0 Å². The lowest BCUT2D eigenvalue weighted by atomic mass is 9.64. The van der Waals surface area contributed by atoms with E-state index in [1.165, 1.54) is 0 Å². The number of carbonyl (C=O) groups is 3. The van der Waals surface area contributed by atoms with Crippen LogP contribution in [0.2, 0.25) is 0 Å². The maximum Gasteiger partial charge on any atom is 0.324 e. The zero-order valence-electron chi connectivity index (χ0n) is 39.7. The molecule has 4 aliphatic heterocycles. The standard InChI is InChI=1S/C47H82N2O12/c1-16-25(3)18-20-49(14)32-22-27(5)57-44(39(32)52)60-41-28(6)35(33-24-46(12,56-15)40(53)31(9)58-33)29(7)42(54)59-34(17-2)47(13)36(37(43(55)61-47)48-19-21-50)30(8)38(51)26(4)23-45(41,10)11/h16,25-37,39-41,44,48,50,52-53H,1,17-24H2,2-15H3/t25?,26-,27-,28+,29-,30-,31+,32+,33-,34-,35?,36+,37?,39-,40+,41-,44+,46-,47-/m1/s1. The summed E-state index contributed by atoms with van der Waals surface area (Å²) in [5.41, 5.74) is -3.16. The van der Waals surface area contributed by atoms with Gasteiger partial charge in [-0.15, -0.1) is 6.58 Å². The van der Waals surface area contributed by atoms with E-state index in [2.05, 4.69) is 23.7 Å². The fourth-order valence-corrected chi connectivity index (χ4v) is 11.6. The van der Waals surface area contributed by atoms with Gasteiger partial charge in [0.2, 0.25) is 0 Å². The molecule has 4 N–H and O–H groups in total. The van der Waals surface area contributed by atoms with Crippen molar-refractivity contribution in [2.75, 3.05) is 33.9 Å². The summed E-state index contributed by atoms with van der Waals surface area (Å²) < 4.78 is 38.9. The number of nitrogens with one attached hydrogen (secondary N) is 1. The summed E-state index contributed by atoms with van der Waals surface area (Å²) in [6.07, 6.45) is -1.81. The molecule has 0 aromatic rings. The minimum absolute atomic E-state index is 0.0831. The minimum atomic E-state index is -1.37. The maximum atomic E-state index is 14.9. The maximum absolute atomic E-state index is 14.9. The third-order valence-corrected chi connectivity index (χ3v) is 15.2. The summed E-state index contributed by atoms with van der Waals surface area (Å²) in [5, 5.41) is 36.3. The number of nitrogens with zero attached hydrogens (tertiary/aromatic N) is 1. The Labute approximate surface area is 366 Å². The molecule has 0 amide bonds. The number of likely N-dealkylation sites (N-methyl/N-ethyl adjacent to an activating group) is 1. The number of rotatable bonds is 13. The van der Waals surface area contributed by atoms with E-state index in [0.29, 0.717) is 25.2 Å². The largest absolute Gasteiger partial charge is 0.458 e. The summed E-state index contributed by atoms with van der Waals surface area (Å²) in [6.45, 7) is 27.5. The van der Waals surface area contributed by atoms with E-state index in [1.54, 1.807) is 21.0 Å². The molecule has 4 rings (SSSR count). The van der Waals surface area contributed by atoms with Gasteiger partial charge in [0.15, 0.2) is 11.9 Å². The topological polar surface area (TPSA) is 183 Å². The first-order valence-corrected chi connectivity index (χ1v) is 22.9. The van der Waals surface area contributed by atoms with E-state index in [0.717, 1.165) is 13.0 Å². The second-order valence-electron chi connectivity index (χ2n) is 20.3. The van der Waals surface area contributed by atoms with Crippen LogP contribution in [0.1, 0.15) is 115 Å². The van der Waals surface area contributed by atoms with E-state index in [4.69, 9.17) is 28.4 Å². The second kappa shape index (κ2) is 20.9. The molecule has 4 aliphatic rings. The zero-order chi connectivity index (χ0) is 45.9. The average Bonchev–Trinajstić information content (AvgIpc) is 3.47. The highest BCUT2D eigenvalue weighted by Gasteiger charge is 2.62. The van der Waals surface area contributed by atoms with Gasteiger partial charge in [-0.05, 0) is 84.2 Å². The normalized spacial score (nSPS) is 44.5. The number of hydrogen-bond acceptors (Lipinski definition) is 14. The molecule has 0 bridgehead atoms. The van der Waals surface area contributed by atoms with E-state index in [-0.39, 0.29) is 37.5 Å². The molecule has 19 atom stereocenters. The van der Waals surface area contributed by atoms with E-state index in [9.17, 15) is 29.7 Å². The van der Waals surface area contributed by atoms with Crippen LogP contribution in [0.3, 0.4) is 0 Å². The van der Waals surface area contributed by atoms with Crippen molar-refractivity contribution in [1.82, 2.24) is 10.2 Å². The number of ketones is 1. The Morgan fingerprint density at radius 2 is 1.66 bits per heavy atom. The SMILES string of the molecule is C=CC(C)CCN(C)[C@H]1C[C@@H](C)O[C@@H](O[C@@H]2[C@@H](C)C([C@H]3C[C@@](C)(OC)[C@@H](O)[C@H](C)O3)[C@@H](C)C(=O)O[C@H](CC)[C@@]3(C)OC(=O)C(NCCO)[C@@H]3[C@@H](C)C(=O)[C@H](C)CC2(C)C)[C@@H]1O. The summed E-state index contributed by atoms with van der Waals surface area (Å²) in [5.74, 6) is -4.74. The third-order valence-electron chi connectivity index (χ3n) is 15.2. The monoisotopic (exact) mass is 867 g/mol. The number of Topliss-reactive ketones (excluding diaryl/α,β-unsaturated/α-hetero) is 1. The molecule has 0 radical (unpaired) electrons. The molecule has 61 heavy (non-hydrogen) atoms. The highest BCUT2D eigenvalue weighted by atomic mass is 16.7. The van der Waals surface area contributed by atoms with Gasteiger partial charge >= 0.3 is 11.9 Å². The van der Waals surface area contributed by atoms with Crippen molar-refractivity contribution in [2.24, 2.45) is 46.8 Å². The Balaban J connectivity index is 1.88. The van der Waals surface area contributed by atoms with Gasteiger partial charge in [-0.3, -0.25) is 14.4 Å². The molecule has 3 unspecified atom stereocenters. The van der Waals surface area contributed by atoms with Gasteiger partial charge in [-0.1, -0.05) is 61.5 Å². The van der Waals surface area contributed by atoms with Gasteiger partial charge in [0.25, 0.3) is 0 Å². The number of allylic oxidation sites excluding steroid dienone is 1. The average molecular weight is 867 g/mol. The van der Waals surface area contributed by atoms with Crippen LogP contribution in [-0.2, 0) is 42.8 Å². The number of aliphatic hydroxyl groups excluding tert-OH is 3. The molecule has 4 heterocycles. The van der Waals surface area contributed by atoms with Crippen LogP contribution < -0.4 is 5.32 Å². The highest BCUT2D eigenvalue weighted by Crippen LogP contribution is 2.49. The van der Waals surface area contributed by atoms with Crippen molar-refractivity contribution in [1.29, 1.82) is 0 Å². The van der Waals surface area contributed by atoms with Crippen molar-refractivity contribution in [3.05, 3.63) is 12.7 Å². The van der Waals surface area contributed by atoms with E-state index >= 15 is 0 Å². The predicted octanol–water partition coefficient (Wildman–Crippen LogP) is 4.69. The van der Waals surface area contributed by atoms with Crippen LogP contribution in [0, 0.1) is 46.8 Å². The predicted molar refractivity (Wildman–Crippen MR) is 231 cm³/mol. The smallest absolute Gasteiger partial charge is 0.324 e. The molecule has 352 valence electrons. The summed E-state index contributed by atoms with van der Waals surface area (Å²) in [6, 6.07) is -1.18. The van der Waals surface area contributed by atoms with Crippen LogP contribution in [0.25, 0.3) is 0 Å². The lowest BCUT2D eigenvalue weighted by molar-refractivity contribution is -0.295. The van der Waals surface area contributed by atoms with Gasteiger partial charge in [0.1, 0.15) is 30.1 Å². The van der Waals surface area contributed by atoms with Crippen molar-refractivity contribution in [2.45, 2.75) is 187 Å². The number of methoxy groups -OCH3 is 1. The van der Waals surface area contributed by atoms with Gasteiger partial charge in [-0.2, -0.15) is 0 Å².